The lowest BCUT2D eigenvalue weighted by Gasteiger charge is -2.34. The van der Waals surface area contributed by atoms with Crippen LogP contribution >= 0.6 is 0 Å². The Bertz CT molecular complexity index is 348. The van der Waals surface area contributed by atoms with Crippen LogP contribution in [0.2, 0.25) is 0 Å². The minimum absolute atomic E-state index is 0.0906. The van der Waals surface area contributed by atoms with Crippen LogP contribution in [0.25, 0.3) is 0 Å². The van der Waals surface area contributed by atoms with E-state index in [0.717, 1.165) is 18.7 Å². The summed E-state index contributed by atoms with van der Waals surface area (Å²) >= 11 is 0. The van der Waals surface area contributed by atoms with Gasteiger partial charge in [-0.25, -0.2) is 0 Å². The lowest BCUT2D eigenvalue weighted by Crippen LogP contribution is -2.51. The highest BCUT2D eigenvalue weighted by Gasteiger charge is 2.38. The van der Waals surface area contributed by atoms with E-state index >= 15 is 0 Å². The lowest BCUT2D eigenvalue weighted by atomic mass is 9.84. The van der Waals surface area contributed by atoms with Gasteiger partial charge in [0.05, 0.1) is 5.54 Å². The first-order valence-electron chi connectivity index (χ1n) is 6.36. The standard InChI is InChI=1S/C14H26N2O/c1-8-11-10(13(2,3)4)9-16(7)14(5,6)12(17)15-11/h8-9H2,1-7H3,(H,15,17). The highest BCUT2D eigenvalue weighted by atomic mass is 16.2. The van der Waals surface area contributed by atoms with Crippen molar-refractivity contribution in [1.29, 1.82) is 0 Å². The second-order valence-corrected chi connectivity index (χ2v) is 6.43. The van der Waals surface area contributed by atoms with Crippen LogP contribution in [0.15, 0.2) is 11.3 Å². The van der Waals surface area contributed by atoms with E-state index in [1.54, 1.807) is 0 Å². The Labute approximate surface area is 105 Å². The van der Waals surface area contributed by atoms with Gasteiger partial charge in [0, 0.05) is 12.2 Å². The van der Waals surface area contributed by atoms with Crippen molar-refractivity contribution in [2.75, 3.05) is 13.6 Å². The van der Waals surface area contributed by atoms with E-state index in [9.17, 15) is 4.79 Å². The summed E-state index contributed by atoms with van der Waals surface area (Å²) < 4.78 is 0. The molecule has 0 aromatic rings. The van der Waals surface area contributed by atoms with Gasteiger partial charge in [-0.1, -0.05) is 27.7 Å². The number of amides is 1. The van der Waals surface area contributed by atoms with Gasteiger partial charge in [-0.3, -0.25) is 9.69 Å². The zero-order valence-corrected chi connectivity index (χ0v) is 12.3. The average Bonchev–Trinajstić information content (AvgIpc) is 2.27. The Morgan fingerprint density at radius 2 is 1.88 bits per heavy atom. The SMILES string of the molecule is CCC1=C(C(C)(C)C)CN(C)C(C)(C)C(=O)N1. The first-order chi connectivity index (χ1) is 7.60. The van der Waals surface area contributed by atoms with Gasteiger partial charge in [0.25, 0.3) is 0 Å². The van der Waals surface area contributed by atoms with Gasteiger partial charge in [0.1, 0.15) is 0 Å². The molecular weight excluding hydrogens is 212 g/mol. The molecule has 1 N–H and O–H groups in total. The van der Waals surface area contributed by atoms with Crippen molar-refractivity contribution in [1.82, 2.24) is 10.2 Å². The molecule has 0 aromatic heterocycles. The van der Waals surface area contributed by atoms with Crippen molar-refractivity contribution in [2.45, 2.75) is 53.5 Å². The van der Waals surface area contributed by atoms with E-state index in [4.69, 9.17) is 0 Å². The fraction of sp³-hybridized carbons (Fsp3) is 0.786. The summed E-state index contributed by atoms with van der Waals surface area (Å²) in [6.45, 7) is 13.5. The number of hydrogen-bond donors (Lipinski definition) is 1. The summed E-state index contributed by atoms with van der Waals surface area (Å²) in [5.74, 6) is 0.0936. The number of allylic oxidation sites excluding steroid dienone is 1. The van der Waals surface area contributed by atoms with Gasteiger partial charge in [0.15, 0.2) is 0 Å². The molecule has 3 heteroatoms. The summed E-state index contributed by atoms with van der Waals surface area (Å²) in [4.78, 5) is 14.3. The highest BCUT2D eigenvalue weighted by molar-refractivity contribution is 5.87. The Balaban J connectivity index is 3.22. The van der Waals surface area contributed by atoms with E-state index in [1.807, 2.05) is 20.9 Å². The summed E-state index contributed by atoms with van der Waals surface area (Å²) in [6.07, 6.45) is 0.877. The molecule has 3 nitrogen and oxygen atoms in total. The zero-order valence-electron chi connectivity index (χ0n) is 12.3. The summed E-state index contributed by atoms with van der Waals surface area (Å²) in [5.41, 5.74) is 2.07. The zero-order chi connectivity index (χ0) is 13.4. The number of nitrogens with one attached hydrogen (secondary N) is 1. The van der Waals surface area contributed by atoms with E-state index in [1.165, 1.54) is 5.57 Å². The predicted octanol–water partition coefficient (Wildman–Crippen LogP) is 2.54. The van der Waals surface area contributed by atoms with Gasteiger partial charge < -0.3 is 5.32 Å². The van der Waals surface area contributed by atoms with Crippen LogP contribution in [0.5, 0.6) is 0 Å². The van der Waals surface area contributed by atoms with Gasteiger partial charge in [0.2, 0.25) is 5.91 Å². The minimum Gasteiger partial charge on any atom is -0.328 e. The number of carbonyl (C=O) groups is 1. The fourth-order valence-electron chi connectivity index (χ4n) is 2.06. The third kappa shape index (κ3) is 2.71. The van der Waals surface area contributed by atoms with Crippen molar-refractivity contribution in [3.8, 4) is 0 Å². The van der Waals surface area contributed by atoms with Crippen LogP contribution in [-0.4, -0.2) is 29.9 Å². The topological polar surface area (TPSA) is 32.3 Å². The molecule has 0 unspecified atom stereocenters. The molecule has 1 aliphatic rings. The molecule has 1 amide bonds. The van der Waals surface area contributed by atoms with E-state index < -0.39 is 5.54 Å². The Morgan fingerprint density at radius 3 is 2.29 bits per heavy atom. The molecule has 0 fully saturated rings. The largest absolute Gasteiger partial charge is 0.328 e. The van der Waals surface area contributed by atoms with Gasteiger partial charge in [-0.2, -0.15) is 0 Å². The smallest absolute Gasteiger partial charge is 0.244 e. The number of rotatable bonds is 1. The van der Waals surface area contributed by atoms with Crippen LogP contribution in [0.1, 0.15) is 48.0 Å². The summed E-state index contributed by atoms with van der Waals surface area (Å²) in [6, 6.07) is 0. The van der Waals surface area contributed by atoms with Gasteiger partial charge >= 0.3 is 0 Å². The fourth-order valence-corrected chi connectivity index (χ4v) is 2.06. The molecule has 0 radical (unpaired) electrons. The minimum atomic E-state index is -0.451. The first-order valence-corrected chi connectivity index (χ1v) is 6.36. The maximum Gasteiger partial charge on any atom is 0.244 e. The second kappa shape index (κ2) is 4.45. The molecule has 17 heavy (non-hydrogen) atoms. The monoisotopic (exact) mass is 238 g/mol. The molecule has 0 saturated carbocycles. The molecule has 0 aliphatic carbocycles. The molecule has 0 aromatic carbocycles. The Hall–Kier alpha value is -0.830. The van der Waals surface area contributed by atoms with Crippen molar-refractivity contribution in [3.05, 3.63) is 11.3 Å². The number of carbonyl (C=O) groups excluding carboxylic acids is 1. The van der Waals surface area contributed by atoms with Crippen LogP contribution in [0.3, 0.4) is 0 Å². The summed E-state index contributed by atoms with van der Waals surface area (Å²) in [7, 11) is 2.02. The predicted molar refractivity (Wildman–Crippen MR) is 71.6 cm³/mol. The molecule has 1 rings (SSSR count). The number of hydrogen-bond acceptors (Lipinski definition) is 2. The number of nitrogens with zero attached hydrogens (tertiary/aromatic N) is 1. The molecule has 98 valence electrons. The Morgan fingerprint density at radius 1 is 1.35 bits per heavy atom. The maximum absolute atomic E-state index is 12.2. The quantitative estimate of drug-likeness (QED) is 0.761. The van der Waals surface area contributed by atoms with Crippen molar-refractivity contribution < 1.29 is 4.79 Å². The van der Waals surface area contributed by atoms with E-state index in [2.05, 4.69) is 37.9 Å². The van der Waals surface area contributed by atoms with Crippen LogP contribution in [-0.2, 0) is 4.79 Å². The third-order valence-electron chi connectivity index (χ3n) is 3.79. The third-order valence-corrected chi connectivity index (χ3v) is 3.79. The van der Waals surface area contributed by atoms with Crippen LogP contribution < -0.4 is 5.32 Å². The van der Waals surface area contributed by atoms with Crippen LogP contribution in [0, 0.1) is 5.41 Å². The average molecular weight is 238 g/mol. The molecule has 0 saturated heterocycles. The van der Waals surface area contributed by atoms with Crippen LogP contribution in [0.4, 0.5) is 0 Å². The van der Waals surface area contributed by atoms with E-state index in [0.29, 0.717) is 0 Å². The normalized spacial score (nSPS) is 22.4. The molecule has 0 atom stereocenters. The van der Waals surface area contributed by atoms with E-state index in [-0.39, 0.29) is 11.3 Å². The summed E-state index contributed by atoms with van der Waals surface area (Å²) in [5, 5.41) is 3.10. The molecule has 0 bridgehead atoms. The maximum atomic E-state index is 12.2. The molecule has 1 heterocycles. The van der Waals surface area contributed by atoms with Gasteiger partial charge in [-0.05, 0) is 38.3 Å². The van der Waals surface area contributed by atoms with Crippen molar-refractivity contribution >= 4 is 5.91 Å². The van der Waals surface area contributed by atoms with Crippen molar-refractivity contribution in [2.24, 2.45) is 5.41 Å². The Kier molecular flexibility index (Phi) is 3.72. The van der Waals surface area contributed by atoms with Crippen molar-refractivity contribution in [3.63, 3.8) is 0 Å². The lowest BCUT2D eigenvalue weighted by molar-refractivity contribution is -0.129. The molecule has 1 aliphatic heterocycles. The molecule has 0 spiro atoms. The van der Waals surface area contributed by atoms with Gasteiger partial charge in [-0.15, -0.1) is 0 Å². The number of likely N-dealkylation sites (N-methyl/N-ethyl adjacent to an activating group) is 1. The first kappa shape index (κ1) is 14.2. The second-order valence-electron chi connectivity index (χ2n) is 6.43. The highest BCUT2D eigenvalue weighted by Crippen LogP contribution is 2.32. The molecular formula is C14H26N2O.